The van der Waals surface area contributed by atoms with E-state index in [-0.39, 0.29) is 5.78 Å². The van der Waals surface area contributed by atoms with Gasteiger partial charge in [-0.2, -0.15) is 0 Å². The largest absolute Gasteiger partial charge is 0.456 e. The molecule has 1 heterocycles. The van der Waals surface area contributed by atoms with Crippen LogP contribution in [0, 0.1) is 13.8 Å². The third-order valence-electron chi connectivity index (χ3n) is 1.55. The van der Waals surface area contributed by atoms with Gasteiger partial charge in [-0.25, -0.2) is 0 Å². The molecule has 0 aliphatic rings. The minimum Gasteiger partial charge on any atom is -0.456 e. The van der Waals surface area contributed by atoms with E-state index in [2.05, 4.69) is 0 Å². The molecular formula is C8H9ClO2. The zero-order valence-electron chi connectivity index (χ0n) is 6.69. The normalized spacial score (nSPS) is 10.2. The third kappa shape index (κ3) is 1.31. The first kappa shape index (κ1) is 8.34. The summed E-state index contributed by atoms with van der Waals surface area (Å²) in [4.78, 5) is 10.9. The summed E-state index contributed by atoms with van der Waals surface area (Å²) in [5, 5.41) is 0.551. The smallest absolute Gasteiger partial charge is 0.195 e. The monoisotopic (exact) mass is 172 g/mol. The van der Waals surface area contributed by atoms with Gasteiger partial charge in [0.05, 0.1) is 5.02 Å². The van der Waals surface area contributed by atoms with Crippen LogP contribution in [0.5, 0.6) is 0 Å². The van der Waals surface area contributed by atoms with Gasteiger partial charge in [0, 0.05) is 12.5 Å². The van der Waals surface area contributed by atoms with Crippen LogP contribution in [0.2, 0.25) is 5.02 Å². The van der Waals surface area contributed by atoms with Crippen molar-refractivity contribution in [3.63, 3.8) is 0 Å². The number of furan rings is 1. The van der Waals surface area contributed by atoms with Crippen LogP contribution in [-0.4, -0.2) is 5.78 Å². The van der Waals surface area contributed by atoms with Crippen LogP contribution in [0.15, 0.2) is 4.42 Å². The molecule has 0 amide bonds. The molecule has 0 aromatic carbocycles. The summed E-state index contributed by atoms with van der Waals surface area (Å²) in [6.45, 7) is 4.97. The molecule has 3 heteroatoms. The van der Waals surface area contributed by atoms with Gasteiger partial charge in [0.2, 0.25) is 0 Å². The van der Waals surface area contributed by atoms with Crippen LogP contribution in [0.4, 0.5) is 0 Å². The van der Waals surface area contributed by atoms with Crippen molar-refractivity contribution in [2.75, 3.05) is 0 Å². The number of aryl methyl sites for hydroxylation is 1. The zero-order chi connectivity index (χ0) is 8.59. The topological polar surface area (TPSA) is 30.2 Å². The van der Waals surface area contributed by atoms with Crippen LogP contribution in [0.25, 0.3) is 0 Å². The Hall–Kier alpha value is -0.760. The van der Waals surface area contributed by atoms with Crippen molar-refractivity contribution in [3.8, 4) is 0 Å². The molecule has 0 saturated heterocycles. The number of halogens is 1. The highest BCUT2D eigenvalue weighted by molar-refractivity contribution is 6.32. The second-order valence-electron chi connectivity index (χ2n) is 2.48. The molecule has 60 valence electrons. The lowest BCUT2D eigenvalue weighted by molar-refractivity contribution is 0.0985. The highest BCUT2D eigenvalue weighted by Crippen LogP contribution is 2.26. The summed E-state index contributed by atoms with van der Waals surface area (Å²) in [7, 11) is 0. The van der Waals surface area contributed by atoms with Crippen molar-refractivity contribution >= 4 is 17.4 Å². The van der Waals surface area contributed by atoms with E-state index in [1.165, 1.54) is 6.92 Å². The van der Waals surface area contributed by atoms with Crippen LogP contribution >= 0.6 is 11.6 Å². The molecule has 0 aliphatic heterocycles. The molecule has 1 aromatic rings. The first-order valence-electron chi connectivity index (χ1n) is 3.30. The maximum absolute atomic E-state index is 10.9. The second kappa shape index (κ2) is 2.70. The number of carbonyl (C=O) groups is 1. The van der Waals surface area contributed by atoms with Gasteiger partial charge in [0.1, 0.15) is 5.76 Å². The average molecular weight is 173 g/mol. The number of Topliss-reactive ketones (excluding diaryl/α,β-unsaturated/α-hetero) is 1. The highest BCUT2D eigenvalue weighted by Gasteiger charge is 2.14. The lowest BCUT2D eigenvalue weighted by atomic mass is 10.2. The molecule has 0 atom stereocenters. The number of carbonyl (C=O) groups excluding carboxylic acids is 1. The first-order valence-corrected chi connectivity index (χ1v) is 3.68. The standard InChI is InChI=1S/C8H9ClO2/c1-4-7(9)6(3)11-8(4)5(2)10/h1-3H3. The Morgan fingerprint density at radius 2 is 2.00 bits per heavy atom. The molecule has 0 aliphatic carbocycles. The summed E-state index contributed by atoms with van der Waals surface area (Å²) < 4.78 is 5.12. The molecule has 2 nitrogen and oxygen atoms in total. The minimum atomic E-state index is -0.0856. The van der Waals surface area contributed by atoms with E-state index in [9.17, 15) is 4.79 Å². The van der Waals surface area contributed by atoms with Gasteiger partial charge in [-0.15, -0.1) is 0 Å². The Balaban J connectivity index is 3.29. The van der Waals surface area contributed by atoms with Crippen molar-refractivity contribution in [3.05, 3.63) is 22.1 Å². The van der Waals surface area contributed by atoms with E-state index in [1.807, 2.05) is 0 Å². The predicted molar refractivity (Wildman–Crippen MR) is 43.2 cm³/mol. The fourth-order valence-electron chi connectivity index (χ4n) is 0.974. The molecule has 0 fully saturated rings. The van der Waals surface area contributed by atoms with Crippen LogP contribution < -0.4 is 0 Å². The fourth-order valence-corrected chi connectivity index (χ4v) is 1.10. The summed E-state index contributed by atoms with van der Waals surface area (Å²) in [6, 6.07) is 0. The van der Waals surface area contributed by atoms with Crippen molar-refractivity contribution in [2.24, 2.45) is 0 Å². The molecular weight excluding hydrogens is 164 g/mol. The van der Waals surface area contributed by atoms with Gasteiger partial charge in [-0.3, -0.25) is 4.79 Å². The van der Waals surface area contributed by atoms with Crippen LogP contribution in [0.1, 0.15) is 28.8 Å². The lowest BCUT2D eigenvalue weighted by Crippen LogP contribution is -1.90. The molecule has 0 bridgehead atoms. The Morgan fingerprint density at radius 1 is 1.45 bits per heavy atom. The van der Waals surface area contributed by atoms with E-state index in [1.54, 1.807) is 13.8 Å². The second-order valence-corrected chi connectivity index (χ2v) is 2.86. The molecule has 0 N–H and O–H groups in total. The Morgan fingerprint density at radius 3 is 2.18 bits per heavy atom. The van der Waals surface area contributed by atoms with Crippen molar-refractivity contribution in [2.45, 2.75) is 20.8 Å². The summed E-state index contributed by atoms with van der Waals surface area (Å²) in [6.07, 6.45) is 0. The van der Waals surface area contributed by atoms with Gasteiger partial charge in [0.25, 0.3) is 0 Å². The van der Waals surface area contributed by atoms with Crippen molar-refractivity contribution in [1.82, 2.24) is 0 Å². The van der Waals surface area contributed by atoms with Crippen LogP contribution in [-0.2, 0) is 0 Å². The maximum Gasteiger partial charge on any atom is 0.195 e. The van der Waals surface area contributed by atoms with Crippen LogP contribution in [0.3, 0.4) is 0 Å². The number of ketones is 1. The van der Waals surface area contributed by atoms with Crippen molar-refractivity contribution in [1.29, 1.82) is 0 Å². The van der Waals surface area contributed by atoms with Crippen molar-refractivity contribution < 1.29 is 9.21 Å². The number of hydrogen-bond donors (Lipinski definition) is 0. The Bertz CT molecular complexity index is 299. The highest BCUT2D eigenvalue weighted by atomic mass is 35.5. The third-order valence-corrected chi connectivity index (χ3v) is 2.10. The van der Waals surface area contributed by atoms with E-state index in [0.29, 0.717) is 16.5 Å². The minimum absolute atomic E-state index is 0.0856. The SMILES string of the molecule is CC(=O)c1oc(C)c(Cl)c1C. The van der Waals surface area contributed by atoms with E-state index in [4.69, 9.17) is 16.0 Å². The Kier molecular flexibility index (Phi) is 2.05. The van der Waals surface area contributed by atoms with E-state index >= 15 is 0 Å². The lowest BCUT2D eigenvalue weighted by Gasteiger charge is -1.88. The van der Waals surface area contributed by atoms with Gasteiger partial charge < -0.3 is 4.42 Å². The predicted octanol–water partition coefficient (Wildman–Crippen LogP) is 2.75. The average Bonchev–Trinajstić information content (AvgIpc) is 2.17. The molecule has 1 rings (SSSR count). The van der Waals surface area contributed by atoms with Gasteiger partial charge >= 0.3 is 0 Å². The number of rotatable bonds is 1. The summed E-state index contributed by atoms with van der Waals surface area (Å²) in [5.41, 5.74) is 0.733. The van der Waals surface area contributed by atoms with E-state index in [0.717, 1.165) is 5.56 Å². The zero-order valence-corrected chi connectivity index (χ0v) is 7.45. The first-order chi connectivity index (χ1) is 5.04. The van der Waals surface area contributed by atoms with E-state index < -0.39 is 0 Å². The van der Waals surface area contributed by atoms with Gasteiger partial charge in [0.15, 0.2) is 11.5 Å². The maximum atomic E-state index is 10.9. The molecule has 0 unspecified atom stereocenters. The Labute approximate surface area is 70.2 Å². The molecule has 1 aromatic heterocycles. The molecule has 0 radical (unpaired) electrons. The molecule has 0 spiro atoms. The van der Waals surface area contributed by atoms with Gasteiger partial charge in [-0.05, 0) is 13.8 Å². The molecule has 0 saturated carbocycles. The summed E-state index contributed by atoms with van der Waals surface area (Å²) >= 11 is 5.80. The number of hydrogen-bond acceptors (Lipinski definition) is 2. The van der Waals surface area contributed by atoms with Gasteiger partial charge in [-0.1, -0.05) is 11.6 Å². The quantitative estimate of drug-likeness (QED) is 0.610. The fraction of sp³-hybridized carbons (Fsp3) is 0.375. The summed E-state index contributed by atoms with van der Waals surface area (Å²) in [5.74, 6) is 0.888. The molecule has 11 heavy (non-hydrogen) atoms.